The molecular weight excluding hydrogens is 473 g/mol. The van der Waals surface area contributed by atoms with Gasteiger partial charge in [-0.25, -0.2) is 4.39 Å². The topological polar surface area (TPSA) is 39.7 Å². The van der Waals surface area contributed by atoms with Gasteiger partial charge in [-0.2, -0.15) is 0 Å². The van der Waals surface area contributed by atoms with Crippen LogP contribution < -0.4 is 19.5 Å². The monoisotopic (exact) mass is 493 g/mol. The highest BCUT2D eigenvalue weighted by atomic mass is 79.9. The zero-order valence-corrected chi connectivity index (χ0v) is 19.0. The Balaban J connectivity index is 1.63. The summed E-state index contributed by atoms with van der Waals surface area (Å²) in [6, 6.07) is 16.0. The molecule has 0 unspecified atom stereocenters. The first-order chi connectivity index (χ1) is 14.5. The summed E-state index contributed by atoms with van der Waals surface area (Å²) in [5, 5.41) is 3.74. The fourth-order valence-electron chi connectivity index (χ4n) is 2.86. The molecule has 1 N–H and O–H groups in total. The van der Waals surface area contributed by atoms with Crippen molar-refractivity contribution in [3.05, 3.63) is 86.6 Å². The molecule has 4 nitrogen and oxygen atoms in total. The van der Waals surface area contributed by atoms with Crippen molar-refractivity contribution in [3.63, 3.8) is 0 Å². The van der Waals surface area contributed by atoms with Gasteiger partial charge in [-0.3, -0.25) is 0 Å². The van der Waals surface area contributed by atoms with Crippen molar-refractivity contribution in [2.75, 3.05) is 14.2 Å². The molecule has 0 spiro atoms. The van der Waals surface area contributed by atoms with Gasteiger partial charge in [0.1, 0.15) is 18.2 Å². The van der Waals surface area contributed by atoms with Gasteiger partial charge in [-0.15, -0.1) is 0 Å². The van der Waals surface area contributed by atoms with Crippen molar-refractivity contribution < 1.29 is 18.6 Å². The second-order valence-corrected chi connectivity index (χ2v) is 7.83. The average molecular weight is 495 g/mol. The average Bonchev–Trinajstić information content (AvgIpc) is 2.75. The molecule has 3 aromatic carbocycles. The summed E-state index contributed by atoms with van der Waals surface area (Å²) in [5.41, 5.74) is 2.89. The van der Waals surface area contributed by atoms with Crippen LogP contribution in [-0.4, -0.2) is 14.2 Å². The van der Waals surface area contributed by atoms with E-state index in [2.05, 4.69) is 21.2 Å². The third kappa shape index (κ3) is 5.88. The summed E-state index contributed by atoms with van der Waals surface area (Å²) < 4.78 is 30.6. The quantitative estimate of drug-likeness (QED) is 0.389. The van der Waals surface area contributed by atoms with Crippen LogP contribution in [0.3, 0.4) is 0 Å². The van der Waals surface area contributed by atoms with Gasteiger partial charge in [-0.1, -0.05) is 45.7 Å². The lowest BCUT2D eigenvalue weighted by Crippen LogP contribution is -2.13. The largest absolute Gasteiger partial charge is 0.497 e. The number of halogens is 3. The Morgan fingerprint density at radius 3 is 2.33 bits per heavy atom. The maximum atomic E-state index is 13.2. The van der Waals surface area contributed by atoms with Crippen LogP contribution >= 0.6 is 27.5 Å². The molecule has 7 heteroatoms. The first-order valence-electron chi connectivity index (χ1n) is 9.27. The minimum atomic E-state index is -0.379. The van der Waals surface area contributed by atoms with Crippen LogP contribution in [0.4, 0.5) is 4.39 Å². The third-order valence-electron chi connectivity index (χ3n) is 4.53. The second kappa shape index (κ2) is 10.7. The van der Waals surface area contributed by atoms with E-state index in [0.29, 0.717) is 28.6 Å². The second-order valence-electron chi connectivity index (χ2n) is 6.57. The van der Waals surface area contributed by atoms with Gasteiger partial charge in [0.05, 0.1) is 19.2 Å². The van der Waals surface area contributed by atoms with E-state index in [1.165, 1.54) is 12.1 Å². The SMILES string of the molecule is COc1ccc(CNCc2cc(OC)c(OCc3ccc(F)cc3Cl)cc2Br)cc1. The van der Waals surface area contributed by atoms with Crippen LogP contribution in [-0.2, 0) is 19.7 Å². The van der Waals surface area contributed by atoms with Crippen molar-refractivity contribution in [2.45, 2.75) is 19.7 Å². The lowest BCUT2D eigenvalue weighted by molar-refractivity contribution is 0.284. The van der Waals surface area contributed by atoms with E-state index < -0.39 is 0 Å². The number of hydrogen-bond donors (Lipinski definition) is 1. The Morgan fingerprint density at radius 1 is 0.900 bits per heavy atom. The Labute approximate surface area is 189 Å². The highest BCUT2D eigenvalue weighted by Gasteiger charge is 2.12. The van der Waals surface area contributed by atoms with E-state index in [1.54, 1.807) is 20.3 Å². The van der Waals surface area contributed by atoms with Gasteiger partial charge in [0.15, 0.2) is 11.5 Å². The Hall–Kier alpha value is -2.28. The molecule has 0 amide bonds. The van der Waals surface area contributed by atoms with Crippen LogP contribution in [0.1, 0.15) is 16.7 Å². The molecule has 0 saturated heterocycles. The molecule has 30 heavy (non-hydrogen) atoms. The minimum Gasteiger partial charge on any atom is -0.497 e. The van der Waals surface area contributed by atoms with Crippen LogP contribution in [0.2, 0.25) is 5.02 Å². The molecule has 0 aliphatic rings. The van der Waals surface area contributed by atoms with E-state index >= 15 is 0 Å². The number of hydrogen-bond acceptors (Lipinski definition) is 4. The van der Waals surface area contributed by atoms with Crippen molar-refractivity contribution in [1.29, 1.82) is 0 Å². The van der Waals surface area contributed by atoms with Gasteiger partial charge in [0, 0.05) is 23.1 Å². The number of nitrogens with one attached hydrogen (secondary N) is 1. The molecule has 0 aliphatic carbocycles. The van der Waals surface area contributed by atoms with Crippen LogP contribution in [0.5, 0.6) is 17.2 Å². The first-order valence-corrected chi connectivity index (χ1v) is 10.4. The zero-order chi connectivity index (χ0) is 21.5. The van der Waals surface area contributed by atoms with Crippen LogP contribution in [0, 0.1) is 5.82 Å². The highest BCUT2D eigenvalue weighted by molar-refractivity contribution is 9.10. The lowest BCUT2D eigenvalue weighted by atomic mass is 10.1. The summed E-state index contributed by atoms with van der Waals surface area (Å²) in [4.78, 5) is 0. The van der Waals surface area contributed by atoms with Gasteiger partial charge in [0.2, 0.25) is 0 Å². The molecule has 3 aromatic rings. The van der Waals surface area contributed by atoms with E-state index in [4.69, 9.17) is 25.8 Å². The molecule has 0 saturated carbocycles. The smallest absolute Gasteiger partial charge is 0.162 e. The van der Waals surface area contributed by atoms with Crippen molar-refractivity contribution in [3.8, 4) is 17.2 Å². The van der Waals surface area contributed by atoms with Crippen molar-refractivity contribution >= 4 is 27.5 Å². The predicted octanol–water partition coefficient (Wildman–Crippen LogP) is 6.13. The fourth-order valence-corrected chi connectivity index (χ4v) is 3.55. The molecule has 3 rings (SSSR count). The zero-order valence-electron chi connectivity index (χ0n) is 16.7. The van der Waals surface area contributed by atoms with E-state index in [9.17, 15) is 4.39 Å². The first kappa shape index (κ1) is 22.4. The molecular formula is C23H22BrClFNO3. The molecule has 158 valence electrons. The standard InChI is InChI=1S/C23H22BrClFNO3/c1-28-19-7-3-15(4-8-19)12-27-13-17-9-22(29-2)23(11-20(17)24)30-14-16-5-6-18(26)10-21(16)25/h3-11,27H,12-14H2,1-2H3. The lowest BCUT2D eigenvalue weighted by Gasteiger charge is -2.15. The van der Waals surface area contributed by atoms with Crippen LogP contribution in [0.25, 0.3) is 0 Å². The molecule has 0 fully saturated rings. The number of benzene rings is 3. The number of ether oxygens (including phenoxy) is 3. The van der Waals surface area contributed by atoms with Gasteiger partial charge >= 0.3 is 0 Å². The number of rotatable bonds is 9. The minimum absolute atomic E-state index is 0.205. The van der Waals surface area contributed by atoms with Gasteiger partial charge in [0.25, 0.3) is 0 Å². The summed E-state index contributed by atoms with van der Waals surface area (Å²) in [6.45, 7) is 1.57. The summed E-state index contributed by atoms with van der Waals surface area (Å²) in [5.74, 6) is 1.64. The maximum Gasteiger partial charge on any atom is 0.162 e. The third-order valence-corrected chi connectivity index (χ3v) is 5.62. The summed E-state index contributed by atoms with van der Waals surface area (Å²) >= 11 is 9.67. The van der Waals surface area contributed by atoms with Crippen molar-refractivity contribution in [1.82, 2.24) is 5.32 Å². The normalized spacial score (nSPS) is 10.7. The van der Waals surface area contributed by atoms with Gasteiger partial charge < -0.3 is 19.5 Å². The summed E-state index contributed by atoms with van der Waals surface area (Å²) in [6.07, 6.45) is 0. The van der Waals surface area contributed by atoms with E-state index in [0.717, 1.165) is 27.9 Å². The van der Waals surface area contributed by atoms with E-state index in [-0.39, 0.29) is 12.4 Å². The Morgan fingerprint density at radius 2 is 1.67 bits per heavy atom. The summed E-state index contributed by atoms with van der Waals surface area (Å²) in [7, 11) is 3.25. The molecule has 0 radical (unpaired) electrons. The number of methoxy groups -OCH3 is 2. The molecule has 0 atom stereocenters. The van der Waals surface area contributed by atoms with Gasteiger partial charge in [-0.05, 0) is 47.5 Å². The predicted molar refractivity (Wildman–Crippen MR) is 120 cm³/mol. The van der Waals surface area contributed by atoms with Crippen LogP contribution in [0.15, 0.2) is 59.1 Å². The Bertz CT molecular complexity index is 998. The molecule has 0 aromatic heterocycles. The molecule has 0 aliphatic heterocycles. The molecule has 0 bridgehead atoms. The van der Waals surface area contributed by atoms with E-state index in [1.807, 2.05) is 36.4 Å². The van der Waals surface area contributed by atoms with Crippen molar-refractivity contribution in [2.24, 2.45) is 0 Å². The highest BCUT2D eigenvalue weighted by Crippen LogP contribution is 2.34. The Kier molecular flexibility index (Phi) is 7.96. The fraction of sp³-hybridized carbons (Fsp3) is 0.217. The maximum absolute atomic E-state index is 13.2. The molecule has 0 heterocycles.